The van der Waals surface area contributed by atoms with Crippen molar-refractivity contribution in [3.63, 3.8) is 0 Å². The molecule has 0 radical (unpaired) electrons. The summed E-state index contributed by atoms with van der Waals surface area (Å²) in [5.41, 5.74) is 3.68. The first-order chi connectivity index (χ1) is 7.75. The molecule has 0 amide bonds. The molecule has 2 nitrogen and oxygen atoms in total. The normalized spacial score (nSPS) is 10.4. The molecule has 0 aliphatic heterocycles. The largest absolute Gasteiger partial charge is 0.231 e. The Bertz CT molecular complexity index is 483. The fourth-order valence-corrected chi connectivity index (χ4v) is 2.36. The first-order valence-electron chi connectivity index (χ1n) is 5.22. The smallest absolute Gasteiger partial charge is 0.188 e. The van der Waals surface area contributed by atoms with Gasteiger partial charge in [0.2, 0.25) is 0 Å². The average Bonchev–Trinajstić information content (AvgIpc) is 2.28. The van der Waals surface area contributed by atoms with E-state index in [1.54, 1.807) is 11.8 Å². The molecule has 0 N–H and O–H groups in total. The minimum atomic E-state index is 0.850. The molecule has 0 bridgehead atoms. The fraction of sp³-hybridized carbons (Fsp3) is 0.231. The van der Waals surface area contributed by atoms with E-state index in [4.69, 9.17) is 0 Å². The van der Waals surface area contributed by atoms with Crippen LogP contribution < -0.4 is 0 Å². The lowest BCUT2D eigenvalue weighted by Gasteiger charge is -2.04. The van der Waals surface area contributed by atoms with Crippen LogP contribution >= 0.6 is 11.8 Å². The van der Waals surface area contributed by atoms with E-state index in [1.807, 2.05) is 19.2 Å². The Morgan fingerprint density at radius 2 is 1.94 bits per heavy atom. The van der Waals surface area contributed by atoms with E-state index in [0.29, 0.717) is 0 Å². The van der Waals surface area contributed by atoms with E-state index >= 15 is 0 Å². The molecule has 0 spiro atoms. The monoisotopic (exact) mass is 230 g/mol. The number of hydrogen-bond donors (Lipinski definition) is 0. The number of rotatable bonds is 3. The summed E-state index contributed by atoms with van der Waals surface area (Å²) in [4.78, 5) is 8.61. The van der Waals surface area contributed by atoms with Crippen molar-refractivity contribution in [2.45, 2.75) is 24.8 Å². The van der Waals surface area contributed by atoms with Crippen molar-refractivity contribution in [3.8, 4) is 0 Å². The Kier molecular flexibility index (Phi) is 3.57. The molecular formula is C13H14N2S. The first kappa shape index (κ1) is 11.1. The molecule has 2 rings (SSSR count). The number of benzene rings is 1. The van der Waals surface area contributed by atoms with Crippen LogP contribution in [0.25, 0.3) is 0 Å². The van der Waals surface area contributed by atoms with Crippen LogP contribution in [0.2, 0.25) is 0 Å². The zero-order valence-electron chi connectivity index (χ0n) is 9.47. The molecule has 0 fully saturated rings. The van der Waals surface area contributed by atoms with Crippen LogP contribution in [0.4, 0.5) is 0 Å². The number of hydrogen-bond acceptors (Lipinski definition) is 3. The zero-order valence-corrected chi connectivity index (χ0v) is 10.3. The third-order valence-corrected chi connectivity index (χ3v) is 3.30. The van der Waals surface area contributed by atoms with Gasteiger partial charge in [0.05, 0.1) is 0 Å². The number of aromatic nitrogens is 2. The van der Waals surface area contributed by atoms with Crippen molar-refractivity contribution in [2.75, 3.05) is 0 Å². The van der Waals surface area contributed by atoms with Gasteiger partial charge in [-0.2, -0.15) is 0 Å². The predicted octanol–water partition coefficient (Wildman–Crippen LogP) is 3.39. The summed E-state index contributed by atoms with van der Waals surface area (Å²) < 4.78 is 0. The van der Waals surface area contributed by atoms with Crippen LogP contribution in [0, 0.1) is 13.8 Å². The van der Waals surface area contributed by atoms with Gasteiger partial charge < -0.3 is 0 Å². The quantitative estimate of drug-likeness (QED) is 0.597. The molecule has 82 valence electrons. The van der Waals surface area contributed by atoms with Gasteiger partial charge in [0.1, 0.15) is 0 Å². The molecule has 3 heteroatoms. The maximum absolute atomic E-state index is 4.37. The molecule has 0 atom stereocenters. The molecule has 1 aromatic carbocycles. The van der Waals surface area contributed by atoms with Crippen molar-refractivity contribution in [2.24, 2.45) is 0 Å². The molecule has 16 heavy (non-hydrogen) atoms. The van der Waals surface area contributed by atoms with Crippen LogP contribution in [-0.4, -0.2) is 9.97 Å². The summed E-state index contributed by atoms with van der Waals surface area (Å²) in [7, 11) is 0. The lowest BCUT2D eigenvalue weighted by atomic mass is 10.1. The van der Waals surface area contributed by atoms with Gasteiger partial charge in [0, 0.05) is 17.6 Å². The molecule has 0 unspecified atom stereocenters. The molecule has 0 aliphatic carbocycles. The van der Waals surface area contributed by atoms with Crippen LogP contribution in [0.1, 0.15) is 16.8 Å². The Hall–Kier alpha value is -1.35. The molecule has 0 aliphatic rings. The minimum Gasteiger partial charge on any atom is -0.231 e. The minimum absolute atomic E-state index is 0.850. The molecule has 2 aromatic rings. The van der Waals surface area contributed by atoms with Crippen molar-refractivity contribution in [1.29, 1.82) is 0 Å². The first-order valence-corrected chi connectivity index (χ1v) is 6.21. The average molecular weight is 230 g/mol. The Balaban J connectivity index is 2.05. The van der Waals surface area contributed by atoms with Gasteiger partial charge in [0.15, 0.2) is 5.16 Å². The van der Waals surface area contributed by atoms with E-state index in [0.717, 1.165) is 16.6 Å². The lowest BCUT2D eigenvalue weighted by molar-refractivity contribution is 0.931. The van der Waals surface area contributed by atoms with E-state index in [9.17, 15) is 0 Å². The highest BCUT2D eigenvalue weighted by Gasteiger charge is 2.01. The molecular weight excluding hydrogens is 216 g/mol. The van der Waals surface area contributed by atoms with Gasteiger partial charge in [-0.1, -0.05) is 36.0 Å². The van der Waals surface area contributed by atoms with Crippen molar-refractivity contribution in [3.05, 3.63) is 53.3 Å². The number of thioether (sulfide) groups is 1. The highest BCUT2D eigenvalue weighted by Crippen LogP contribution is 2.20. The topological polar surface area (TPSA) is 25.8 Å². The van der Waals surface area contributed by atoms with E-state index < -0.39 is 0 Å². The van der Waals surface area contributed by atoms with Crippen LogP contribution in [0.5, 0.6) is 0 Å². The second-order valence-corrected chi connectivity index (χ2v) is 4.64. The summed E-state index contributed by atoms with van der Waals surface area (Å²) in [6.45, 7) is 4.12. The van der Waals surface area contributed by atoms with Gasteiger partial charge in [-0.3, -0.25) is 0 Å². The zero-order chi connectivity index (χ0) is 11.4. The lowest BCUT2D eigenvalue weighted by Crippen LogP contribution is -1.90. The van der Waals surface area contributed by atoms with E-state index in [2.05, 4.69) is 41.2 Å². The third kappa shape index (κ3) is 2.83. The van der Waals surface area contributed by atoms with Crippen LogP contribution in [0.3, 0.4) is 0 Å². The van der Waals surface area contributed by atoms with E-state index in [-0.39, 0.29) is 0 Å². The summed E-state index contributed by atoms with van der Waals surface area (Å²) in [6, 6.07) is 10.3. The molecule has 1 heterocycles. The molecule has 0 saturated carbocycles. The summed E-state index contributed by atoms with van der Waals surface area (Å²) in [5, 5.41) is 0.850. The highest BCUT2D eigenvalue weighted by atomic mass is 32.2. The van der Waals surface area contributed by atoms with E-state index in [1.165, 1.54) is 11.1 Å². The van der Waals surface area contributed by atoms with Crippen molar-refractivity contribution < 1.29 is 0 Å². The SMILES string of the molecule is Cc1ccnc(SCc2ccccc2C)n1. The summed E-state index contributed by atoms with van der Waals surface area (Å²) in [6.07, 6.45) is 1.81. The van der Waals surface area contributed by atoms with Crippen molar-refractivity contribution in [1.82, 2.24) is 9.97 Å². The van der Waals surface area contributed by atoms with Gasteiger partial charge in [0.25, 0.3) is 0 Å². The summed E-state index contributed by atoms with van der Waals surface area (Å²) in [5.74, 6) is 0.927. The van der Waals surface area contributed by atoms with Crippen LogP contribution in [-0.2, 0) is 5.75 Å². The number of aryl methyl sites for hydroxylation is 2. The summed E-state index contributed by atoms with van der Waals surface area (Å²) >= 11 is 1.68. The maximum Gasteiger partial charge on any atom is 0.188 e. The molecule has 1 aromatic heterocycles. The Labute approximate surface area is 100 Å². The Morgan fingerprint density at radius 1 is 1.12 bits per heavy atom. The predicted molar refractivity (Wildman–Crippen MR) is 67.5 cm³/mol. The second-order valence-electron chi connectivity index (χ2n) is 3.70. The number of nitrogens with zero attached hydrogens (tertiary/aromatic N) is 2. The van der Waals surface area contributed by atoms with Gasteiger partial charge in [-0.05, 0) is 31.0 Å². The Morgan fingerprint density at radius 3 is 2.69 bits per heavy atom. The third-order valence-electron chi connectivity index (χ3n) is 2.39. The van der Waals surface area contributed by atoms with Gasteiger partial charge >= 0.3 is 0 Å². The second kappa shape index (κ2) is 5.12. The van der Waals surface area contributed by atoms with Gasteiger partial charge in [-0.15, -0.1) is 0 Å². The maximum atomic E-state index is 4.37. The molecule has 0 saturated heterocycles. The highest BCUT2D eigenvalue weighted by molar-refractivity contribution is 7.98. The van der Waals surface area contributed by atoms with Crippen LogP contribution in [0.15, 0.2) is 41.7 Å². The standard InChI is InChI=1S/C13H14N2S/c1-10-5-3-4-6-12(10)9-16-13-14-8-7-11(2)15-13/h3-8H,9H2,1-2H3. The fourth-order valence-electron chi connectivity index (χ4n) is 1.41. The van der Waals surface area contributed by atoms with Crippen molar-refractivity contribution >= 4 is 11.8 Å². The van der Waals surface area contributed by atoms with Gasteiger partial charge in [-0.25, -0.2) is 9.97 Å².